The topological polar surface area (TPSA) is 35.2 Å². The summed E-state index contributed by atoms with van der Waals surface area (Å²) in [7, 11) is 1.74. The largest absolute Gasteiger partial charge is 0.496 e. The van der Waals surface area contributed by atoms with Crippen molar-refractivity contribution in [2.45, 2.75) is 19.3 Å². The van der Waals surface area contributed by atoms with Gasteiger partial charge in [-0.1, -0.05) is 35.9 Å². The third kappa shape index (κ3) is 1.83. The first-order chi connectivity index (χ1) is 9.26. The van der Waals surface area contributed by atoms with E-state index in [4.69, 9.17) is 10.5 Å². The lowest BCUT2D eigenvalue weighted by Crippen LogP contribution is -2.06. The molecule has 1 aliphatic rings. The van der Waals surface area contributed by atoms with Crippen molar-refractivity contribution >= 4 is 0 Å². The van der Waals surface area contributed by atoms with Gasteiger partial charge >= 0.3 is 0 Å². The van der Waals surface area contributed by atoms with Crippen LogP contribution in [0.15, 0.2) is 36.4 Å². The van der Waals surface area contributed by atoms with E-state index >= 15 is 0 Å². The standard InChI is InChI=1S/C17H19NO/c1-11-6-7-14-15(10-11)12(8-9-18)13-4-3-5-16(19-2)17(13)14/h3-7,10,12H,8-9,18H2,1-2H3. The molecule has 0 radical (unpaired) electrons. The molecule has 1 unspecified atom stereocenters. The van der Waals surface area contributed by atoms with E-state index in [1.165, 1.54) is 27.8 Å². The molecule has 0 heterocycles. The second-order valence-electron chi connectivity index (χ2n) is 5.15. The van der Waals surface area contributed by atoms with Crippen molar-refractivity contribution in [2.24, 2.45) is 5.73 Å². The molecule has 0 bridgehead atoms. The van der Waals surface area contributed by atoms with E-state index in [2.05, 4.69) is 37.3 Å². The van der Waals surface area contributed by atoms with Crippen LogP contribution in [0.5, 0.6) is 5.75 Å². The summed E-state index contributed by atoms with van der Waals surface area (Å²) >= 11 is 0. The second-order valence-corrected chi connectivity index (χ2v) is 5.15. The molecule has 0 spiro atoms. The predicted octanol–water partition coefficient (Wildman–Crippen LogP) is 3.46. The highest BCUT2D eigenvalue weighted by Gasteiger charge is 2.30. The van der Waals surface area contributed by atoms with Crippen LogP contribution in [0, 0.1) is 6.92 Å². The third-order valence-corrected chi connectivity index (χ3v) is 3.96. The van der Waals surface area contributed by atoms with Crippen LogP contribution in [-0.2, 0) is 0 Å². The molecule has 2 nitrogen and oxygen atoms in total. The lowest BCUT2D eigenvalue weighted by molar-refractivity contribution is 0.416. The Morgan fingerprint density at radius 2 is 2.00 bits per heavy atom. The number of methoxy groups -OCH3 is 1. The molecular formula is C17H19NO. The molecule has 0 saturated carbocycles. The van der Waals surface area contributed by atoms with Crippen molar-refractivity contribution in [3.05, 3.63) is 53.1 Å². The van der Waals surface area contributed by atoms with Gasteiger partial charge in [-0.3, -0.25) is 0 Å². The van der Waals surface area contributed by atoms with Gasteiger partial charge in [0.25, 0.3) is 0 Å². The molecule has 2 aromatic rings. The molecule has 2 aromatic carbocycles. The van der Waals surface area contributed by atoms with Gasteiger partial charge in [-0.25, -0.2) is 0 Å². The Hall–Kier alpha value is -1.80. The van der Waals surface area contributed by atoms with Gasteiger partial charge in [-0.05, 0) is 42.6 Å². The molecule has 2 N–H and O–H groups in total. The minimum absolute atomic E-state index is 0.407. The van der Waals surface area contributed by atoms with Gasteiger partial charge in [0.1, 0.15) is 5.75 Å². The maximum absolute atomic E-state index is 5.80. The Morgan fingerprint density at radius 1 is 1.16 bits per heavy atom. The Balaban J connectivity index is 2.26. The SMILES string of the molecule is COc1cccc2c1-c1ccc(C)cc1C2CCN. The molecule has 0 aromatic heterocycles. The van der Waals surface area contributed by atoms with Gasteiger partial charge in [0.2, 0.25) is 0 Å². The summed E-state index contributed by atoms with van der Waals surface area (Å²) < 4.78 is 5.54. The van der Waals surface area contributed by atoms with Crippen LogP contribution in [0.2, 0.25) is 0 Å². The van der Waals surface area contributed by atoms with E-state index in [1.54, 1.807) is 7.11 Å². The van der Waals surface area contributed by atoms with Gasteiger partial charge in [0.05, 0.1) is 7.11 Å². The van der Waals surface area contributed by atoms with Crippen molar-refractivity contribution in [3.63, 3.8) is 0 Å². The van der Waals surface area contributed by atoms with Crippen molar-refractivity contribution in [1.29, 1.82) is 0 Å². The number of aryl methyl sites for hydroxylation is 1. The number of hydrogen-bond donors (Lipinski definition) is 1. The highest BCUT2D eigenvalue weighted by atomic mass is 16.5. The molecular weight excluding hydrogens is 234 g/mol. The average Bonchev–Trinajstić information content (AvgIpc) is 2.73. The molecule has 0 aliphatic heterocycles. The van der Waals surface area contributed by atoms with Crippen molar-refractivity contribution in [3.8, 4) is 16.9 Å². The summed E-state index contributed by atoms with van der Waals surface area (Å²) in [5.41, 5.74) is 12.4. The molecule has 1 atom stereocenters. The van der Waals surface area contributed by atoms with Crippen molar-refractivity contribution in [1.82, 2.24) is 0 Å². The number of hydrogen-bond acceptors (Lipinski definition) is 2. The molecule has 0 saturated heterocycles. The van der Waals surface area contributed by atoms with E-state index in [-0.39, 0.29) is 0 Å². The monoisotopic (exact) mass is 253 g/mol. The first kappa shape index (κ1) is 12.2. The molecule has 98 valence electrons. The first-order valence-electron chi connectivity index (χ1n) is 6.74. The zero-order valence-electron chi connectivity index (χ0n) is 11.4. The highest BCUT2D eigenvalue weighted by Crippen LogP contribution is 2.50. The molecule has 0 amide bonds. The minimum Gasteiger partial charge on any atom is -0.496 e. The van der Waals surface area contributed by atoms with E-state index in [0.29, 0.717) is 12.5 Å². The van der Waals surface area contributed by atoms with Crippen LogP contribution >= 0.6 is 0 Å². The fourth-order valence-electron chi connectivity index (χ4n) is 3.14. The fourth-order valence-corrected chi connectivity index (χ4v) is 3.14. The van der Waals surface area contributed by atoms with Crippen LogP contribution in [0.25, 0.3) is 11.1 Å². The van der Waals surface area contributed by atoms with Gasteiger partial charge in [-0.2, -0.15) is 0 Å². The van der Waals surface area contributed by atoms with Gasteiger partial charge in [-0.15, -0.1) is 0 Å². The van der Waals surface area contributed by atoms with Gasteiger partial charge in [0.15, 0.2) is 0 Å². The van der Waals surface area contributed by atoms with E-state index in [0.717, 1.165) is 12.2 Å². The number of nitrogens with two attached hydrogens (primary N) is 1. The Labute approximate surface area is 114 Å². The Morgan fingerprint density at radius 3 is 2.74 bits per heavy atom. The predicted molar refractivity (Wildman–Crippen MR) is 78.7 cm³/mol. The third-order valence-electron chi connectivity index (χ3n) is 3.96. The Kier molecular flexibility index (Phi) is 3.03. The average molecular weight is 253 g/mol. The maximum atomic E-state index is 5.80. The van der Waals surface area contributed by atoms with Crippen molar-refractivity contribution in [2.75, 3.05) is 13.7 Å². The molecule has 0 fully saturated rings. The van der Waals surface area contributed by atoms with Crippen LogP contribution < -0.4 is 10.5 Å². The summed E-state index contributed by atoms with van der Waals surface area (Å²) in [6, 6.07) is 13.0. The summed E-state index contributed by atoms with van der Waals surface area (Å²) in [5.74, 6) is 1.37. The van der Waals surface area contributed by atoms with Gasteiger partial charge < -0.3 is 10.5 Å². The normalized spacial score (nSPS) is 16.1. The fraction of sp³-hybridized carbons (Fsp3) is 0.294. The van der Waals surface area contributed by atoms with E-state index in [9.17, 15) is 0 Å². The van der Waals surface area contributed by atoms with Gasteiger partial charge in [0, 0.05) is 11.5 Å². The van der Waals surface area contributed by atoms with E-state index in [1.807, 2.05) is 6.07 Å². The van der Waals surface area contributed by atoms with Crippen molar-refractivity contribution < 1.29 is 4.74 Å². The number of fused-ring (bicyclic) bond motifs is 3. The number of rotatable bonds is 3. The second kappa shape index (κ2) is 4.71. The summed E-state index contributed by atoms with van der Waals surface area (Å²) in [5, 5.41) is 0. The lowest BCUT2D eigenvalue weighted by Gasteiger charge is -2.12. The number of ether oxygens (including phenoxy) is 1. The van der Waals surface area contributed by atoms with E-state index < -0.39 is 0 Å². The van der Waals surface area contributed by atoms with Crippen LogP contribution in [-0.4, -0.2) is 13.7 Å². The maximum Gasteiger partial charge on any atom is 0.126 e. The first-order valence-corrected chi connectivity index (χ1v) is 6.74. The summed E-state index contributed by atoms with van der Waals surface area (Å²) in [6.45, 7) is 2.84. The van der Waals surface area contributed by atoms with Crippen LogP contribution in [0.4, 0.5) is 0 Å². The smallest absolute Gasteiger partial charge is 0.126 e. The lowest BCUT2D eigenvalue weighted by atomic mass is 9.93. The molecule has 3 rings (SSSR count). The minimum atomic E-state index is 0.407. The van der Waals surface area contributed by atoms with Crippen LogP contribution in [0.1, 0.15) is 29.0 Å². The Bertz CT molecular complexity index is 617. The molecule has 1 aliphatic carbocycles. The quantitative estimate of drug-likeness (QED) is 0.909. The zero-order chi connectivity index (χ0) is 13.4. The summed E-state index contributed by atoms with van der Waals surface area (Å²) in [6.07, 6.45) is 0.983. The highest BCUT2D eigenvalue weighted by molar-refractivity contribution is 5.83. The summed E-state index contributed by atoms with van der Waals surface area (Å²) in [4.78, 5) is 0. The molecule has 2 heteroatoms. The number of benzene rings is 2. The van der Waals surface area contributed by atoms with Crippen LogP contribution in [0.3, 0.4) is 0 Å². The molecule has 19 heavy (non-hydrogen) atoms. The zero-order valence-corrected chi connectivity index (χ0v) is 11.4.